The van der Waals surface area contributed by atoms with Crippen molar-refractivity contribution in [3.63, 3.8) is 0 Å². The Balaban J connectivity index is 1.58. The second-order valence-corrected chi connectivity index (χ2v) is 7.00. The Hall–Kier alpha value is -3.02. The van der Waals surface area contributed by atoms with Gasteiger partial charge in [0.25, 0.3) is 0 Å². The number of aryl methyl sites for hydroxylation is 1. The third-order valence-electron chi connectivity index (χ3n) is 5.35. The monoisotopic (exact) mass is 364 g/mol. The van der Waals surface area contributed by atoms with E-state index in [1.807, 2.05) is 35.9 Å². The summed E-state index contributed by atoms with van der Waals surface area (Å²) in [5, 5.41) is 2.98. The van der Waals surface area contributed by atoms with E-state index in [2.05, 4.69) is 15.3 Å². The van der Waals surface area contributed by atoms with Crippen molar-refractivity contribution in [2.45, 2.75) is 38.0 Å². The molecule has 1 fully saturated rings. The number of imidazole rings is 1. The number of carbonyl (C=O) groups excluding carboxylic acids is 1. The highest BCUT2D eigenvalue weighted by atomic mass is 19.1. The van der Waals surface area contributed by atoms with Gasteiger partial charge < -0.3 is 5.32 Å². The summed E-state index contributed by atoms with van der Waals surface area (Å²) in [4.78, 5) is 21.7. The van der Waals surface area contributed by atoms with Crippen LogP contribution in [0.25, 0.3) is 5.82 Å². The maximum absolute atomic E-state index is 13.7. The van der Waals surface area contributed by atoms with Crippen LogP contribution in [-0.4, -0.2) is 20.4 Å². The smallest absolute Gasteiger partial charge is 0.235 e. The Morgan fingerprint density at radius 1 is 1.19 bits per heavy atom. The second-order valence-electron chi connectivity index (χ2n) is 7.00. The standard InChI is InChI=1S/C21H21FN4O/c1-15-23-11-12-26(15)19-8-7-18(14-24-19)25-20(27)21(9-2-3-10-21)16-5-4-6-17(22)13-16/h4-8,11-14H,2-3,9-10H2,1H3,(H,25,27). The summed E-state index contributed by atoms with van der Waals surface area (Å²) in [7, 11) is 0. The van der Waals surface area contributed by atoms with E-state index in [9.17, 15) is 9.18 Å². The van der Waals surface area contributed by atoms with Crippen molar-refractivity contribution in [2.75, 3.05) is 5.32 Å². The molecule has 0 saturated heterocycles. The van der Waals surface area contributed by atoms with Gasteiger partial charge in [0.2, 0.25) is 5.91 Å². The molecule has 5 nitrogen and oxygen atoms in total. The van der Waals surface area contributed by atoms with Gasteiger partial charge in [-0.25, -0.2) is 14.4 Å². The Kier molecular flexibility index (Phi) is 4.48. The van der Waals surface area contributed by atoms with E-state index in [1.165, 1.54) is 12.1 Å². The van der Waals surface area contributed by atoms with Gasteiger partial charge in [0, 0.05) is 12.4 Å². The van der Waals surface area contributed by atoms with Crippen LogP contribution < -0.4 is 5.32 Å². The lowest BCUT2D eigenvalue weighted by atomic mass is 9.78. The van der Waals surface area contributed by atoms with Crippen molar-refractivity contribution in [3.05, 3.63) is 72.2 Å². The van der Waals surface area contributed by atoms with Gasteiger partial charge in [-0.3, -0.25) is 9.36 Å². The number of carbonyl (C=O) groups is 1. The van der Waals surface area contributed by atoms with Crippen LogP contribution in [0.3, 0.4) is 0 Å². The molecule has 0 atom stereocenters. The number of aromatic nitrogens is 3. The molecule has 1 amide bonds. The third kappa shape index (κ3) is 3.23. The van der Waals surface area contributed by atoms with E-state index in [0.717, 1.165) is 42.9 Å². The first-order chi connectivity index (χ1) is 13.1. The van der Waals surface area contributed by atoms with Gasteiger partial charge in [-0.15, -0.1) is 0 Å². The third-order valence-corrected chi connectivity index (χ3v) is 5.35. The molecule has 6 heteroatoms. The number of nitrogens with zero attached hydrogens (tertiary/aromatic N) is 3. The Morgan fingerprint density at radius 3 is 2.63 bits per heavy atom. The molecule has 0 bridgehead atoms. The molecule has 1 aliphatic rings. The summed E-state index contributed by atoms with van der Waals surface area (Å²) in [6.07, 6.45) is 8.57. The molecule has 4 rings (SSSR count). The molecular formula is C21H21FN4O. The first-order valence-electron chi connectivity index (χ1n) is 9.12. The average Bonchev–Trinajstić information content (AvgIpc) is 3.32. The van der Waals surface area contributed by atoms with Crippen LogP contribution >= 0.6 is 0 Å². The SMILES string of the molecule is Cc1nccn1-c1ccc(NC(=O)C2(c3cccc(F)c3)CCCC2)cn1. The van der Waals surface area contributed by atoms with E-state index >= 15 is 0 Å². The van der Waals surface area contributed by atoms with Crippen LogP contribution in [0.1, 0.15) is 37.1 Å². The second kappa shape index (κ2) is 6.95. The number of pyridine rings is 1. The summed E-state index contributed by atoms with van der Waals surface area (Å²) in [5.41, 5.74) is 0.696. The average molecular weight is 364 g/mol. The van der Waals surface area contributed by atoms with Gasteiger partial charge in [-0.2, -0.15) is 0 Å². The molecule has 1 aromatic carbocycles. The number of amides is 1. The number of nitrogens with one attached hydrogen (secondary N) is 1. The molecule has 2 aromatic heterocycles. The number of benzene rings is 1. The van der Waals surface area contributed by atoms with E-state index in [4.69, 9.17) is 0 Å². The predicted octanol–water partition coefficient (Wildman–Crippen LogP) is 4.17. The maximum atomic E-state index is 13.7. The fourth-order valence-corrected chi connectivity index (χ4v) is 3.88. The number of hydrogen-bond acceptors (Lipinski definition) is 3. The molecule has 3 aromatic rings. The zero-order valence-corrected chi connectivity index (χ0v) is 15.2. The van der Waals surface area contributed by atoms with E-state index < -0.39 is 5.41 Å². The summed E-state index contributed by atoms with van der Waals surface area (Å²) in [5.74, 6) is 1.17. The molecule has 27 heavy (non-hydrogen) atoms. The molecular weight excluding hydrogens is 343 g/mol. The minimum Gasteiger partial charge on any atom is -0.324 e. The fourth-order valence-electron chi connectivity index (χ4n) is 3.88. The fraction of sp³-hybridized carbons (Fsp3) is 0.286. The molecule has 0 radical (unpaired) electrons. The maximum Gasteiger partial charge on any atom is 0.235 e. The molecule has 0 aliphatic heterocycles. The summed E-state index contributed by atoms with van der Waals surface area (Å²) >= 11 is 0. The molecule has 0 unspecified atom stereocenters. The van der Waals surface area contributed by atoms with Crippen LogP contribution in [0.4, 0.5) is 10.1 Å². The summed E-state index contributed by atoms with van der Waals surface area (Å²) in [6, 6.07) is 10.1. The summed E-state index contributed by atoms with van der Waals surface area (Å²) < 4.78 is 15.6. The van der Waals surface area contributed by atoms with Gasteiger partial charge in [0.15, 0.2) is 0 Å². The number of rotatable bonds is 4. The molecule has 1 N–H and O–H groups in total. The van der Waals surface area contributed by atoms with Crippen molar-refractivity contribution in [1.29, 1.82) is 0 Å². The molecule has 0 spiro atoms. The van der Waals surface area contributed by atoms with Crippen LogP contribution in [-0.2, 0) is 10.2 Å². The topological polar surface area (TPSA) is 59.8 Å². The van der Waals surface area contributed by atoms with E-state index in [-0.39, 0.29) is 11.7 Å². The normalized spacial score (nSPS) is 15.6. The van der Waals surface area contributed by atoms with E-state index in [0.29, 0.717) is 5.69 Å². The first kappa shape index (κ1) is 17.4. The number of anilines is 1. The lowest BCUT2D eigenvalue weighted by Gasteiger charge is -2.28. The van der Waals surface area contributed by atoms with Gasteiger partial charge in [-0.1, -0.05) is 25.0 Å². The lowest BCUT2D eigenvalue weighted by Crippen LogP contribution is -2.38. The van der Waals surface area contributed by atoms with Gasteiger partial charge >= 0.3 is 0 Å². The Labute approximate surface area is 157 Å². The first-order valence-corrected chi connectivity index (χ1v) is 9.12. The minimum atomic E-state index is -0.679. The predicted molar refractivity (Wildman–Crippen MR) is 101 cm³/mol. The van der Waals surface area contributed by atoms with Crippen molar-refractivity contribution in [3.8, 4) is 5.82 Å². The summed E-state index contributed by atoms with van der Waals surface area (Å²) in [6.45, 7) is 1.90. The van der Waals surface area contributed by atoms with E-state index in [1.54, 1.807) is 18.5 Å². The van der Waals surface area contributed by atoms with Gasteiger partial charge in [-0.05, 0) is 49.6 Å². The minimum absolute atomic E-state index is 0.0982. The quantitative estimate of drug-likeness (QED) is 0.756. The Morgan fingerprint density at radius 2 is 2.00 bits per heavy atom. The van der Waals surface area contributed by atoms with Crippen LogP contribution in [0, 0.1) is 12.7 Å². The van der Waals surface area contributed by atoms with Crippen LogP contribution in [0.2, 0.25) is 0 Å². The van der Waals surface area contributed by atoms with Crippen molar-refractivity contribution in [1.82, 2.24) is 14.5 Å². The Bertz CT molecular complexity index is 958. The highest BCUT2D eigenvalue weighted by Gasteiger charge is 2.42. The lowest BCUT2D eigenvalue weighted by molar-refractivity contribution is -0.121. The molecule has 1 saturated carbocycles. The number of halogens is 1. The van der Waals surface area contributed by atoms with Crippen molar-refractivity contribution >= 4 is 11.6 Å². The zero-order valence-electron chi connectivity index (χ0n) is 15.2. The van der Waals surface area contributed by atoms with Crippen molar-refractivity contribution in [2.24, 2.45) is 0 Å². The van der Waals surface area contributed by atoms with Crippen LogP contribution in [0.5, 0.6) is 0 Å². The largest absolute Gasteiger partial charge is 0.324 e. The molecule has 2 heterocycles. The molecule has 1 aliphatic carbocycles. The highest BCUT2D eigenvalue weighted by Crippen LogP contribution is 2.42. The van der Waals surface area contributed by atoms with Crippen molar-refractivity contribution < 1.29 is 9.18 Å². The van der Waals surface area contributed by atoms with Gasteiger partial charge in [0.1, 0.15) is 17.5 Å². The van der Waals surface area contributed by atoms with Crippen LogP contribution in [0.15, 0.2) is 55.0 Å². The number of hydrogen-bond donors (Lipinski definition) is 1. The zero-order chi connectivity index (χ0) is 18.9. The van der Waals surface area contributed by atoms with Gasteiger partial charge in [0.05, 0.1) is 17.3 Å². The molecule has 138 valence electrons. The highest BCUT2D eigenvalue weighted by molar-refractivity contribution is 5.99.